The summed E-state index contributed by atoms with van der Waals surface area (Å²) in [5.74, 6) is -0.857. The van der Waals surface area contributed by atoms with Crippen LogP contribution < -0.4 is 5.73 Å². The molecule has 296 valence electrons. The van der Waals surface area contributed by atoms with Crippen molar-refractivity contribution >= 4 is 19.8 Å². The number of unbranched alkanes of at least 4 members (excludes halogenated alkanes) is 16. The minimum absolute atomic E-state index is 0.0491. The molecule has 0 aliphatic rings. The Labute approximate surface area is 311 Å². The molecule has 9 nitrogen and oxygen atoms in total. The number of carbonyl (C=O) groups is 2. The fourth-order valence-electron chi connectivity index (χ4n) is 5.27. The monoisotopic (exact) mass is 740 g/mol. The topological polar surface area (TPSA) is 134 Å². The minimum atomic E-state index is -4.38. The number of hydrogen-bond acceptors (Lipinski definition) is 8. The molecule has 0 fully saturated rings. The van der Waals surface area contributed by atoms with E-state index in [1.807, 2.05) is 0 Å². The van der Waals surface area contributed by atoms with Gasteiger partial charge in [-0.15, -0.1) is 0 Å². The lowest BCUT2D eigenvalue weighted by Gasteiger charge is -2.19. The summed E-state index contributed by atoms with van der Waals surface area (Å²) in [5.41, 5.74) is 5.33. The van der Waals surface area contributed by atoms with Gasteiger partial charge in [-0.3, -0.25) is 18.6 Å². The first-order valence-electron chi connectivity index (χ1n) is 20.1. The first-order chi connectivity index (χ1) is 24.8. The second-order valence-corrected chi connectivity index (χ2v) is 14.6. The molecule has 2 unspecified atom stereocenters. The van der Waals surface area contributed by atoms with E-state index in [4.69, 9.17) is 24.3 Å². The Morgan fingerprint density at radius 1 is 0.608 bits per heavy atom. The summed E-state index contributed by atoms with van der Waals surface area (Å²) in [5, 5.41) is 0. The van der Waals surface area contributed by atoms with E-state index in [-0.39, 0.29) is 32.6 Å². The fourth-order valence-corrected chi connectivity index (χ4v) is 6.04. The van der Waals surface area contributed by atoms with Gasteiger partial charge in [0.05, 0.1) is 13.2 Å². The number of phosphoric ester groups is 1. The van der Waals surface area contributed by atoms with Crippen LogP contribution in [-0.4, -0.2) is 49.3 Å². The van der Waals surface area contributed by atoms with Gasteiger partial charge in [-0.2, -0.15) is 0 Å². The Bertz CT molecular complexity index is 981. The van der Waals surface area contributed by atoms with Crippen LogP contribution in [0.3, 0.4) is 0 Å². The number of hydrogen-bond donors (Lipinski definition) is 2. The highest BCUT2D eigenvalue weighted by molar-refractivity contribution is 7.47. The third-order valence-corrected chi connectivity index (χ3v) is 9.21. The molecule has 3 N–H and O–H groups in total. The molecule has 0 spiro atoms. The number of esters is 2. The average Bonchev–Trinajstić information content (AvgIpc) is 3.11. The Kier molecular flexibility index (Phi) is 36.2. The molecular weight excluding hydrogens is 665 g/mol. The van der Waals surface area contributed by atoms with Gasteiger partial charge in [0.2, 0.25) is 0 Å². The van der Waals surface area contributed by atoms with Gasteiger partial charge in [0.1, 0.15) is 6.61 Å². The molecule has 0 saturated heterocycles. The van der Waals surface area contributed by atoms with E-state index in [0.29, 0.717) is 12.8 Å². The van der Waals surface area contributed by atoms with Gasteiger partial charge in [0.25, 0.3) is 0 Å². The standard InChI is InChI=1S/C41H74NO8P/c1-3-5-7-9-11-13-15-17-18-19-20-22-23-25-27-29-31-33-40(43)47-37-39(38-49-51(45,46)48-36-35-42)50-41(44)34-32-30-28-26-24-21-16-14-12-10-8-6-4-2/h5,7,11,13,17-18,20,22,39H,3-4,6,8-10,12,14-16,19,21,23-38,42H2,1-2H3,(H,45,46). The predicted molar refractivity (Wildman–Crippen MR) is 210 cm³/mol. The van der Waals surface area contributed by atoms with E-state index in [9.17, 15) is 19.0 Å². The van der Waals surface area contributed by atoms with Gasteiger partial charge in [-0.05, 0) is 51.4 Å². The van der Waals surface area contributed by atoms with Crippen LogP contribution in [0.4, 0.5) is 0 Å². The van der Waals surface area contributed by atoms with Gasteiger partial charge in [-0.25, -0.2) is 4.57 Å². The molecule has 0 bridgehead atoms. The molecule has 0 aromatic rings. The normalized spacial score (nSPS) is 13.9. The molecule has 0 rings (SSSR count). The van der Waals surface area contributed by atoms with Crippen LogP contribution in [0.15, 0.2) is 48.6 Å². The number of phosphoric acid groups is 1. The molecule has 0 aromatic carbocycles. The maximum absolute atomic E-state index is 12.5. The first-order valence-corrected chi connectivity index (χ1v) is 21.6. The molecule has 0 radical (unpaired) electrons. The third-order valence-electron chi connectivity index (χ3n) is 8.23. The highest BCUT2D eigenvalue weighted by Crippen LogP contribution is 2.43. The first kappa shape index (κ1) is 49.0. The summed E-state index contributed by atoms with van der Waals surface area (Å²) in [4.78, 5) is 34.8. The van der Waals surface area contributed by atoms with Crippen LogP contribution in [0.5, 0.6) is 0 Å². The summed E-state index contributed by atoms with van der Waals surface area (Å²) in [6.07, 6.45) is 41.4. The van der Waals surface area contributed by atoms with Gasteiger partial charge in [0, 0.05) is 19.4 Å². The maximum atomic E-state index is 12.5. The van der Waals surface area contributed by atoms with E-state index in [2.05, 4.69) is 62.5 Å². The lowest BCUT2D eigenvalue weighted by Crippen LogP contribution is -2.29. The highest BCUT2D eigenvalue weighted by Gasteiger charge is 2.25. The van der Waals surface area contributed by atoms with E-state index in [1.165, 1.54) is 57.8 Å². The molecule has 0 aromatic heterocycles. The van der Waals surface area contributed by atoms with Crippen molar-refractivity contribution < 1.29 is 37.6 Å². The Morgan fingerprint density at radius 3 is 1.61 bits per heavy atom. The van der Waals surface area contributed by atoms with Crippen LogP contribution in [-0.2, 0) is 32.7 Å². The van der Waals surface area contributed by atoms with Crippen LogP contribution in [0.1, 0.15) is 168 Å². The number of ether oxygens (including phenoxy) is 2. The van der Waals surface area contributed by atoms with Gasteiger partial charge >= 0.3 is 19.8 Å². The number of rotatable bonds is 37. The van der Waals surface area contributed by atoms with Crippen molar-refractivity contribution in [2.45, 2.75) is 174 Å². The van der Waals surface area contributed by atoms with Crippen molar-refractivity contribution in [3.63, 3.8) is 0 Å². The quantitative estimate of drug-likeness (QED) is 0.0276. The van der Waals surface area contributed by atoms with E-state index in [1.54, 1.807) is 0 Å². The molecular formula is C41H74NO8P. The van der Waals surface area contributed by atoms with Crippen LogP contribution in [0, 0.1) is 0 Å². The molecule has 2 atom stereocenters. The van der Waals surface area contributed by atoms with Crippen LogP contribution >= 0.6 is 7.82 Å². The SMILES string of the molecule is CCC=CCC=CCC=CCC=CCCCCCCC(=O)OCC(COP(=O)(O)OCCN)OC(=O)CCCCCCCCCCCCCCC. The Morgan fingerprint density at radius 2 is 1.08 bits per heavy atom. The third kappa shape index (κ3) is 37.5. The second-order valence-electron chi connectivity index (χ2n) is 13.1. The van der Waals surface area contributed by atoms with Crippen molar-refractivity contribution in [1.82, 2.24) is 0 Å². The predicted octanol–water partition coefficient (Wildman–Crippen LogP) is 11.2. The summed E-state index contributed by atoms with van der Waals surface area (Å²) in [7, 11) is -4.38. The molecule has 0 heterocycles. The van der Waals surface area contributed by atoms with Crippen molar-refractivity contribution in [3.8, 4) is 0 Å². The van der Waals surface area contributed by atoms with Crippen molar-refractivity contribution in [2.24, 2.45) is 5.73 Å². The molecule has 10 heteroatoms. The number of carbonyl (C=O) groups excluding carboxylic acids is 2. The molecule has 51 heavy (non-hydrogen) atoms. The second kappa shape index (κ2) is 37.7. The van der Waals surface area contributed by atoms with E-state index in [0.717, 1.165) is 70.6 Å². The zero-order valence-electron chi connectivity index (χ0n) is 32.3. The average molecular weight is 740 g/mol. The van der Waals surface area contributed by atoms with Crippen molar-refractivity contribution in [3.05, 3.63) is 48.6 Å². The number of allylic oxidation sites excluding steroid dienone is 8. The zero-order chi connectivity index (χ0) is 37.5. The molecule has 0 aliphatic heterocycles. The largest absolute Gasteiger partial charge is 0.472 e. The summed E-state index contributed by atoms with van der Waals surface area (Å²) in [6, 6.07) is 0. The Balaban J connectivity index is 4.23. The van der Waals surface area contributed by atoms with Gasteiger partial charge in [0.15, 0.2) is 6.10 Å². The van der Waals surface area contributed by atoms with Crippen LogP contribution in [0.2, 0.25) is 0 Å². The molecule has 0 amide bonds. The fraction of sp³-hybridized carbons (Fsp3) is 0.756. The van der Waals surface area contributed by atoms with E-state index >= 15 is 0 Å². The lowest BCUT2D eigenvalue weighted by atomic mass is 10.0. The summed E-state index contributed by atoms with van der Waals surface area (Å²) >= 11 is 0. The molecule has 0 saturated carbocycles. The van der Waals surface area contributed by atoms with E-state index < -0.39 is 32.5 Å². The maximum Gasteiger partial charge on any atom is 0.472 e. The lowest BCUT2D eigenvalue weighted by molar-refractivity contribution is -0.161. The number of nitrogens with two attached hydrogens (primary N) is 1. The minimum Gasteiger partial charge on any atom is -0.462 e. The van der Waals surface area contributed by atoms with Crippen molar-refractivity contribution in [1.29, 1.82) is 0 Å². The van der Waals surface area contributed by atoms with Crippen LogP contribution in [0.25, 0.3) is 0 Å². The van der Waals surface area contributed by atoms with Gasteiger partial charge in [-0.1, -0.05) is 152 Å². The highest BCUT2D eigenvalue weighted by atomic mass is 31.2. The summed E-state index contributed by atoms with van der Waals surface area (Å²) < 4.78 is 32.7. The summed E-state index contributed by atoms with van der Waals surface area (Å²) in [6.45, 7) is 3.58. The zero-order valence-corrected chi connectivity index (χ0v) is 33.2. The Hall–Kier alpha value is -2.03. The van der Waals surface area contributed by atoms with Crippen molar-refractivity contribution in [2.75, 3.05) is 26.4 Å². The molecule has 0 aliphatic carbocycles. The smallest absolute Gasteiger partial charge is 0.462 e. The van der Waals surface area contributed by atoms with Gasteiger partial charge < -0.3 is 20.1 Å².